The molecule has 0 aliphatic heterocycles. The Bertz CT molecular complexity index is 1040. The van der Waals surface area contributed by atoms with Gasteiger partial charge in [0.05, 0.1) is 13.2 Å². The van der Waals surface area contributed by atoms with Crippen molar-refractivity contribution in [3.8, 4) is 0 Å². The first-order chi connectivity index (χ1) is 26.6. The zero-order chi connectivity index (χ0) is 40.7. The molecule has 0 heterocycles. The summed E-state index contributed by atoms with van der Waals surface area (Å²) in [6, 6.07) is -1.52. The van der Waals surface area contributed by atoms with Crippen molar-refractivity contribution in [1.29, 1.82) is 0 Å². The Morgan fingerprint density at radius 2 is 0.945 bits per heavy atom. The summed E-state index contributed by atoms with van der Waals surface area (Å²) < 4.78 is 32.5. The van der Waals surface area contributed by atoms with Crippen molar-refractivity contribution in [2.75, 3.05) is 19.8 Å². The van der Waals surface area contributed by atoms with Gasteiger partial charge in [0.2, 0.25) is 0 Å². The van der Waals surface area contributed by atoms with E-state index in [-0.39, 0.29) is 19.4 Å². The van der Waals surface area contributed by atoms with Crippen LogP contribution in [0.2, 0.25) is 0 Å². The lowest BCUT2D eigenvalue weighted by Gasteiger charge is -2.20. The lowest BCUT2D eigenvalue weighted by atomic mass is 10.0. The molecule has 0 aromatic heterocycles. The number of unbranched alkanes of at least 4 members (excludes halogenated alkanes) is 23. The highest BCUT2D eigenvalue weighted by Gasteiger charge is 2.28. The van der Waals surface area contributed by atoms with Crippen LogP contribution in [0.25, 0.3) is 0 Å². The SMILES string of the molecule is CCCCCCCCCCCCCCCC/C=C/CC/C=C/CCCC(=O)O[C@@H](COC(=O)CCCCCCCCCC)COP(=O)(O)OC[C@H](N)C(=O)O. The first kappa shape index (κ1) is 53.0. The minimum atomic E-state index is -4.72. The van der Waals surface area contributed by atoms with E-state index in [2.05, 4.69) is 36.6 Å². The van der Waals surface area contributed by atoms with Gasteiger partial charge in [0, 0.05) is 12.8 Å². The highest BCUT2D eigenvalue weighted by molar-refractivity contribution is 7.47. The number of phosphoric ester groups is 1. The Hall–Kier alpha value is -2.04. The third-order valence-corrected chi connectivity index (χ3v) is 10.4. The fourth-order valence-corrected chi connectivity index (χ4v) is 6.75. The maximum atomic E-state index is 12.6. The van der Waals surface area contributed by atoms with Gasteiger partial charge in [0.15, 0.2) is 6.10 Å². The standard InChI is InChI=1S/C43H80NO10P/c1-3-5-7-9-11-13-14-15-16-17-18-19-20-21-22-23-24-25-26-27-29-31-33-35-42(46)54-39(37-52-55(49,50)53-38-40(44)43(47)48)36-51-41(45)34-32-30-28-12-10-8-6-4-2/h23-24,27,29,39-40H,3-22,25-26,28,30-38,44H2,1-2H3,(H,47,48)(H,49,50)/b24-23+,29-27+/t39-,40-/m0/s1. The van der Waals surface area contributed by atoms with Gasteiger partial charge in [-0.25, -0.2) is 4.57 Å². The van der Waals surface area contributed by atoms with E-state index in [9.17, 15) is 23.8 Å². The van der Waals surface area contributed by atoms with Crippen molar-refractivity contribution in [3.63, 3.8) is 0 Å². The van der Waals surface area contributed by atoms with Crippen LogP contribution >= 0.6 is 7.82 Å². The predicted molar refractivity (Wildman–Crippen MR) is 222 cm³/mol. The molecular weight excluding hydrogens is 721 g/mol. The lowest BCUT2D eigenvalue weighted by molar-refractivity contribution is -0.161. The van der Waals surface area contributed by atoms with Crippen molar-refractivity contribution < 1.29 is 47.5 Å². The van der Waals surface area contributed by atoms with E-state index in [1.54, 1.807) is 0 Å². The molecular formula is C43H80NO10P. The quantitative estimate of drug-likeness (QED) is 0.0232. The number of allylic oxidation sites excluding steroid dienone is 4. The second-order valence-corrected chi connectivity index (χ2v) is 16.3. The second-order valence-electron chi connectivity index (χ2n) is 14.8. The number of nitrogens with two attached hydrogens (primary N) is 1. The van der Waals surface area contributed by atoms with Gasteiger partial charge in [-0.3, -0.25) is 23.4 Å². The maximum Gasteiger partial charge on any atom is 0.472 e. The molecule has 0 spiro atoms. The van der Waals surface area contributed by atoms with Crippen molar-refractivity contribution in [2.45, 2.75) is 212 Å². The number of esters is 2. The average molecular weight is 802 g/mol. The van der Waals surface area contributed by atoms with Gasteiger partial charge < -0.3 is 25.2 Å². The summed E-state index contributed by atoms with van der Waals surface area (Å²) in [5, 5.41) is 8.86. The van der Waals surface area contributed by atoms with Crippen molar-refractivity contribution >= 4 is 25.7 Å². The number of phosphoric acid groups is 1. The minimum absolute atomic E-state index is 0.104. The molecule has 0 aliphatic rings. The molecule has 0 aromatic rings. The first-order valence-corrected chi connectivity index (χ1v) is 23.4. The minimum Gasteiger partial charge on any atom is -0.480 e. The summed E-state index contributed by atoms with van der Waals surface area (Å²) in [7, 11) is -4.72. The molecule has 0 radical (unpaired) electrons. The van der Waals surface area contributed by atoms with Crippen LogP contribution < -0.4 is 5.73 Å². The first-order valence-electron chi connectivity index (χ1n) is 21.9. The Balaban J connectivity index is 4.26. The summed E-state index contributed by atoms with van der Waals surface area (Å²) in [6.45, 7) is 2.73. The summed E-state index contributed by atoms with van der Waals surface area (Å²) in [5.41, 5.74) is 5.32. The van der Waals surface area contributed by atoms with Gasteiger partial charge in [-0.2, -0.15) is 0 Å². The Morgan fingerprint density at radius 3 is 1.44 bits per heavy atom. The number of hydrogen-bond acceptors (Lipinski definition) is 9. The van der Waals surface area contributed by atoms with E-state index >= 15 is 0 Å². The molecule has 0 aromatic carbocycles. The molecule has 0 rings (SSSR count). The number of carbonyl (C=O) groups is 3. The number of aliphatic carboxylic acids is 1. The molecule has 4 N–H and O–H groups in total. The summed E-state index contributed by atoms with van der Waals surface area (Å²) in [6.07, 6.45) is 40.0. The zero-order valence-electron chi connectivity index (χ0n) is 34.8. The third kappa shape index (κ3) is 38.6. The van der Waals surface area contributed by atoms with E-state index in [0.717, 1.165) is 38.5 Å². The highest BCUT2D eigenvalue weighted by Crippen LogP contribution is 2.43. The summed E-state index contributed by atoms with van der Waals surface area (Å²) in [5.74, 6) is -2.43. The molecule has 0 saturated heterocycles. The third-order valence-electron chi connectivity index (χ3n) is 9.43. The van der Waals surface area contributed by atoms with Crippen molar-refractivity contribution in [2.24, 2.45) is 5.73 Å². The van der Waals surface area contributed by atoms with E-state index < -0.39 is 51.1 Å². The molecule has 1 unspecified atom stereocenters. The largest absolute Gasteiger partial charge is 0.480 e. The Kier molecular flexibility index (Phi) is 37.4. The average Bonchev–Trinajstić information content (AvgIpc) is 3.16. The van der Waals surface area contributed by atoms with Gasteiger partial charge in [0.25, 0.3) is 0 Å². The van der Waals surface area contributed by atoms with Crippen LogP contribution in [-0.2, 0) is 37.5 Å². The molecule has 0 aliphatic carbocycles. The van der Waals surface area contributed by atoms with Crippen molar-refractivity contribution in [1.82, 2.24) is 0 Å². The van der Waals surface area contributed by atoms with Gasteiger partial charge in [-0.15, -0.1) is 0 Å². The zero-order valence-corrected chi connectivity index (χ0v) is 35.7. The highest BCUT2D eigenvalue weighted by atomic mass is 31.2. The number of rotatable bonds is 41. The normalized spacial score (nSPS) is 14.0. The van der Waals surface area contributed by atoms with E-state index in [1.807, 2.05) is 6.08 Å². The van der Waals surface area contributed by atoms with E-state index in [4.69, 9.17) is 24.8 Å². The van der Waals surface area contributed by atoms with Crippen LogP contribution in [0, 0.1) is 0 Å². The fourth-order valence-electron chi connectivity index (χ4n) is 5.97. The second kappa shape index (κ2) is 38.8. The van der Waals surface area contributed by atoms with Crippen LogP contribution in [0.1, 0.15) is 200 Å². The molecule has 11 nitrogen and oxygen atoms in total. The molecule has 0 bridgehead atoms. The lowest BCUT2D eigenvalue weighted by Crippen LogP contribution is -2.34. The number of carboxylic acid groups (broad SMARTS) is 1. The van der Waals surface area contributed by atoms with Gasteiger partial charge >= 0.3 is 25.7 Å². The van der Waals surface area contributed by atoms with Crippen LogP contribution in [0.5, 0.6) is 0 Å². The van der Waals surface area contributed by atoms with Gasteiger partial charge in [-0.05, 0) is 44.9 Å². The molecule has 3 atom stereocenters. The van der Waals surface area contributed by atoms with E-state index in [0.29, 0.717) is 19.3 Å². The Morgan fingerprint density at radius 1 is 0.545 bits per heavy atom. The predicted octanol–water partition coefficient (Wildman–Crippen LogP) is 11.5. The van der Waals surface area contributed by atoms with Crippen LogP contribution in [0.15, 0.2) is 24.3 Å². The Labute approximate surface area is 334 Å². The molecule has 0 amide bonds. The van der Waals surface area contributed by atoms with E-state index in [1.165, 1.54) is 116 Å². The molecule has 0 saturated carbocycles. The van der Waals surface area contributed by atoms with Gasteiger partial charge in [0.1, 0.15) is 12.6 Å². The monoisotopic (exact) mass is 802 g/mol. The van der Waals surface area contributed by atoms with Crippen LogP contribution in [-0.4, -0.2) is 59.9 Å². The van der Waals surface area contributed by atoms with Crippen molar-refractivity contribution in [3.05, 3.63) is 24.3 Å². The number of ether oxygens (including phenoxy) is 2. The summed E-state index contributed by atoms with van der Waals surface area (Å²) in [4.78, 5) is 45.7. The molecule has 12 heteroatoms. The fraction of sp³-hybridized carbons (Fsp3) is 0.837. The topological polar surface area (TPSA) is 172 Å². The molecule has 0 fully saturated rings. The summed E-state index contributed by atoms with van der Waals surface area (Å²) >= 11 is 0. The number of hydrogen-bond donors (Lipinski definition) is 3. The maximum absolute atomic E-state index is 12.6. The number of carboxylic acids is 1. The smallest absolute Gasteiger partial charge is 0.472 e. The molecule has 322 valence electrons. The van der Waals surface area contributed by atoms with Crippen LogP contribution in [0.4, 0.5) is 0 Å². The number of carbonyl (C=O) groups excluding carboxylic acids is 2. The van der Waals surface area contributed by atoms with Crippen LogP contribution in [0.3, 0.4) is 0 Å². The van der Waals surface area contributed by atoms with Gasteiger partial charge in [-0.1, -0.05) is 167 Å². The molecule has 55 heavy (non-hydrogen) atoms.